The lowest BCUT2D eigenvalue weighted by Crippen LogP contribution is -2.43. The molecule has 30 heavy (non-hydrogen) atoms. The molecule has 2 aromatic carbocycles. The highest BCUT2D eigenvalue weighted by Crippen LogP contribution is 2.24. The maximum atomic E-state index is 13.6. The molecule has 4 rings (SSSR count). The summed E-state index contributed by atoms with van der Waals surface area (Å²) in [5, 5.41) is 3.07. The molecule has 1 saturated heterocycles. The summed E-state index contributed by atoms with van der Waals surface area (Å²) in [5.41, 5.74) is 2.93. The van der Waals surface area contributed by atoms with Crippen LogP contribution in [-0.4, -0.2) is 29.0 Å². The fourth-order valence-electron chi connectivity index (χ4n) is 3.85. The number of amides is 1. The molecule has 0 saturated carbocycles. The van der Waals surface area contributed by atoms with Crippen LogP contribution in [0.15, 0.2) is 60.8 Å². The van der Waals surface area contributed by atoms with Crippen molar-refractivity contribution in [2.24, 2.45) is 5.92 Å². The zero-order valence-corrected chi connectivity index (χ0v) is 17.0. The molecule has 1 N–H and O–H groups in total. The SMILES string of the molecule is Cc1cccc(CNC(=O)C2CCCN(c3ccnc(-c4cccc(F)c4)n3)C2)c1. The molecule has 2 heterocycles. The van der Waals surface area contributed by atoms with E-state index in [1.54, 1.807) is 18.3 Å². The number of carbonyl (C=O) groups is 1. The predicted octanol–water partition coefficient (Wildman–Crippen LogP) is 4.12. The lowest BCUT2D eigenvalue weighted by Gasteiger charge is -2.33. The normalized spacial score (nSPS) is 16.3. The van der Waals surface area contributed by atoms with Gasteiger partial charge >= 0.3 is 0 Å². The molecule has 0 radical (unpaired) electrons. The minimum atomic E-state index is -0.315. The fourth-order valence-corrected chi connectivity index (χ4v) is 3.85. The van der Waals surface area contributed by atoms with Gasteiger partial charge in [0.2, 0.25) is 5.91 Å². The van der Waals surface area contributed by atoms with Crippen LogP contribution in [0.5, 0.6) is 0 Å². The Balaban J connectivity index is 1.42. The summed E-state index contributed by atoms with van der Waals surface area (Å²) in [7, 11) is 0. The number of aryl methyl sites for hydroxylation is 1. The van der Waals surface area contributed by atoms with Crippen molar-refractivity contribution < 1.29 is 9.18 Å². The number of anilines is 1. The van der Waals surface area contributed by atoms with Crippen molar-refractivity contribution in [3.63, 3.8) is 0 Å². The second-order valence-corrected chi connectivity index (χ2v) is 7.74. The molecule has 5 nitrogen and oxygen atoms in total. The van der Waals surface area contributed by atoms with Gasteiger partial charge in [-0.2, -0.15) is 0 Å². The van der Waals surface area contributed by atoms with Gasteiger partial charge in [-0.1, -0.05) is 42.0 Å². The molecule has 154 valence electrons. The number of halogens is 1. The number of aromatic nitrogens is 2. The summed E-state index contributed by atoms with van der Waals surface area (Å²) in [6, 6.07) is 16.3. The second-order valence-electron chi connectivity index (χ2n) is 7.74. The topological polar surface area (TPSA) is 58.1 Å². The van der Waals surface area contributed by atoms with Gasteiger partial charge in [-0.25, -0.2) is 14.4 Å². The maximum absolute atomic E-state index is 13.6. The van der Waals surface area contributed by atoms with Crippen molar-refractivity contribution in [1.82, 2.24) is 15.3 Å². The van der Waals surface area contributed by atoms with Crippen molar-refractivity contribution in [1.29, 1.82) is 0 Å². The van der Waals surface area contributed by atoms with Gasteiger partial charge < -0.3 is 10.2 Å². The van der Waals surface area contributed by atoms with Crippen molar-refractivity contribution in [2.45, 2.75) is 26.3 Å². The number of rotatable bonds is 5. The number of nitrogens with one attached hydrogen (secondary N) is 1. The highest BCUT2D eigenvalue weighted by molar-refractivity contribution is 5.79. The zero-order chi connectivity index (χ0) is 20.9. The van der Waals surface area contributed by atoms with Crippen molar-refractivity contribution in [2.75, 3.05) is 18.0 Å². The average Bonchev–Trinajstić information content (AvgIpc) is 2.78. The first-order valence-corrected chi connectivity index (χ1v) is 10.3. The van der Waals surface area contributed by atoms with E-state index in [9.17, 15) is 9.18 Å². The van der Waals surface area contributed by atoms with Crippen molar-refractivity contribution in [3.8, 4) is 11.4 Å². The first kappa shape index (κ1) is 20.0. The Labute approximate surface area is 176 Å². The Bertz CT molecular complexity index is 1040. The Hall–Kier alpha value is -3.28. The number of nitrogens with zero attached hydrogens (tertiary/aromatic N) is 3. The van der Waals surface area contributed by atoms with E-state index < -0.39 is 0 Å². The van der Waals surface area contributed by atoms with Gasteiger partial charge in [0.15, 0.2) is 5.82 Å². The van der Waals surface area contributed by atoms with Crippen LogP contribution in [0.1, 0.15) is 24.0 Å². The largest absolute Gasteiger partial charge is 0.356 e. The van der Waals surface area contributed by atoms with Crippen LogP contribution < -0.4 is 10.2 Å². The standard InChI is InChI=1S/C24H25FN4O/c1-17-5-2-6-18(13-17)15-27-24(30)20-8-4-12-29(16-20)22-10-11-26-23(28-22)19-7-3-9-21(25)14-19/h2-3,5-7,9-11,13-14,20H,4,8,12,15-16H2,1H3,(H,27,30). The van der Waals surface area contributed by atoms with E-state index in [2.05, 4.69) is 26.3 Å². The quantitative estimate of drug-likeness (QED) is 0.695. The zero-order valence-electron chi connectivity index (χ0n) is 17.0. The van der Waals surface area contributed by atoms with Crippen LogP contribution in [0, 0.1) is 18.7 Å². The van der Waals surface area contributed by atoms with Gasteiger partial charge in [-0.3, -0.25) is 4.79 Å². The van der Waals surface area contributed by atoms with E-state index in [1.807, 2.05) is 31.2 Å². The summed E-state index contributed by atoms with van der Waals surface area (Å²) in [5.74, 6) is 0.917. The molecule has 1 aliphatic rings. The van der Waals surface area contributed by atoms with E-state index in [-0.39, 0.29) is 17.6 Å². The van der Waals surface area contributed by atoms with Gasteiger partial charge in [-0.05, 0) is 43.5 Å². The van der Waals surface area contributed by atoms with Gasteiger partial charge in [0, 0.05) is 31.4 Å². The Morgan fingerprint density at radius 3 is 2.90 bits per heavy atom. The highest BCUT2D eigenvalue weighted by Gasteiger charge is 2.26. The molecule has 1 atom stereocenters. The Morgan fingerprint density at radius 2 is 2.07 bits per heavy atom. The molecule has 0 spiro atoms. The minimum absolute atomic E-state index is 0.0700. The third-order valence-corrected chi connectivity index (χ3v) is 5.39. The summed E-state index contributed by atoms with van der Waals surface area (Å²) >= 11 is 0. The number of benzene rings is 2. The van der Waals surface area contributed by atoms with Crippen molar-refractivity contribution >= 4 is 11.7 Å². The van der Waals surface area contributed by atoms with Crippen LogP contribution in [-0.2, 0) is 11.3 Å². The lowest BCUT2D eigenvalue weighted by molar-refractivity contribution is -0.125. The molecule has 1 aliphatic heterocycles. The molecule has 3 aromatic rings. The van der Waals surface area contributed by atoms with Crippen LogP contribution in [0.25, 0.3) is 11.4 Å². The fraction of sp³-hybridized carbons (Fsp3) is 0.292. The number of piperidine rings is 1. The van der Waals surface area contributed by atoms with E-state index in [1.165, 1.54) is 17.7 Å². The second kappa shape index (κ2) is 9.03. The predicted molar refractivity (Wildman–Crippen MR) is 115 cm³/mol. The summed E-state index contributed by atoms with van der Waals surface area (Å²) < 4.78 is 13.6. The number of hydrogen-bond acceptors (Lipinski definition) is 4. The highest BCUT2D eigenvalue weighted by atomic mass is 19.1. The number of carbonyl (C=O) groups excluding carboxylic acids is 1. The van der Waals surface area contributed by atoms with Crippen LogP contribution >= 0.6 is 0 Å². The molecule has 1 unspecified atom stereocenters. The van der Waals surface area contributed by atoms with E-state index in [0.29, 0.717) is 24.5 Å². The minimum Gasteiger partial charge on any atom is -0.356 e. The molecule has 0 aliphatic carbocycles. The lowest BCUT2D eigenvalue weighted by atomic mass is 9.97. The Morgan fingerprint density at radius 1 is 1.20 bits per heavy atom. The molecule has 1 aromatic heterocycles. The van der Waals surface area contributed by atoms with Gasteiger partial charge in [-0.15, -0.1) is 0 Å². The molecular weight excluding hydrogens is 379 g/mol. The molecule has 1 amide bonds. The first-order chi connectivity index (χ1) is 14.6. The summed E-state index contributed by atoms with van der Waals surface area (Å²) in [4.78, 5) is 23.8. The smallest absolute Gasteiger partial charge is 0.225 e. The average molecular weight is 404 g/mol. The first-order valence-electron chi connectivity index (χ1n) is 10.3. The summed E-state index contributed by atoms with van der Waals surface area (Å²) in [6.45, 7) is 4.03. The van der Waals surface area contributed by atoms with Gasteiger partial charge in [0.25, 0.3) is 0 Å². The van der Waals surface area contributed by atoms with E-state index >= 15 is 0 Å². The van der Waals surface area contributed by atoms with Gasteiger partial charge in [0.1, 0.15) is 11.6 Å². The van der Waals surface area contributed by atoms with Crippen LogP contribution in [0.3, 0.4) is 0 Å². The maximum Gasteiger partial charge on any atom is 0.225 e. The monoisotopic (exact) mass is 404 g/mol. The molecule has 6 heteroatoms. The Kier molecular flexibility index (Phi) is 6.02. The molecule has 1 fully saturated rings. The van der Waals surface area contributed by atoms with Crippen LogP contribution in [0.4, 0.5) is 10.2 Å². The van der Waals surface area contributed by atoms with Gasteiger partial charge in [0.05, 0.1) is 5.92 Å². The molecule has 0 bridgehead atoms. The molecular formula is C24H25FN4O. The van der Waals surface area contributed by atoms with E-state index in [4.69, 9.17) is 0 Å². The third kappa shape index (κ3) is 4.82. The number of hydrogen-bond donors (Lipinski definition) is 1. The summed E-state index contributed by atoms with van der Waals surface area (Å²) in [6.07, 6.45) is 3.46. The van der Waals surface area contributed by atoms with Crippen LogP contribution in [0.2, 0.25) is 0 Å². The van der Waals surface area contributed by atoms with Crippen molar-refractivity contribution in [3.05, 3.63) is 77.7 Å². The third-order valence-electron chi connectivity index (χ3n) is 5.39. The van der Waals surface area contributed by atoms with E-state index in [0.717, 1.165) is 30.8 Å².